The molecule has 7 heteroatoms. The van der Waals surface area contributed by atoms with E-state index in [2.05, 4.69) is 11.1 Å². The third-order valence-electron chi connectivity index (χ3n) is 4.73. The Kier molecular flexibility index (Phi) is 6.20. The number of anilines is 1. The number of carbonyl (C=O) groups is 1. The highest BCUT2D eigenvalue weighted by Gasteiger charge is 2.30. The predicted octanol–water partition coefficient (Wildman–Crippen LogP) is 2.66. The molecule has 142 valence electrons. The summed E-state index contributed by atoms with van der Waals surface area (Å²) >= 11 is 0. The van der Waals surface area contributed by atoms with Gasteiger partial charge in [-0.05, 0) is 18.1 Å². The lowest BCUT2D eigenvalue weighted by Gasteiger charge is -2.29. The van der Waals surface area contributed by atoms with Crippen molar-refractivity contribution in [3.63, 3.8) is 0 Å². The number of carbonyl (C=O) groups excluding carboxylic acids is 1. The fourth-order valence-electron chi connectivity index (χ4n) is 2.86. The van der Waals surface area contributed by atoms with Gasteiger partial charge in [-0.1, -0.05) is 32.4 Å². The second-order valence-electron chi connectivity index (χ2n) is 6.73. The third-order valence-corrected chi connectivity index (χ3v) is 4.73. The summed E-state index contributed by atoms with van der Waals surface area (Å²) in [4.78, 5) is 24.0. The lowest BCUT2D eigenvalue weighted by Crippen LogP contribution is -2.38. The molecule has 7 nitrogen and oxygen atoms in total. The summed E-state index contributed by atoms with van der Waals surface area (Å²) in [5.74, 6) is -0.875. The molecule has 2 atom stereocenters. The predicted molar refractivity (Wildman–Crippen MR) is 101 cm³/mol. The summed E-state index contributed by atoms with van der Waals surface area (Å²) in [6.07, 6.45) is 0.902. The van der Waals surface area contributed by atoms with Crippen LogP contribution in [0.5, 0.6) is 0 Å². The van der Waals surface area contributed by atoms with Crippen molar-refractivity contribution in [3.8, 4) is 6.07 Å². The molecule has 1 saturated heterocycles. The van der Waals surface area contributed by atoms with Gasteiger partial charge in [0.2, 0.25) is 0 Å². The van der Waals surface area contributed by atoms with Crippen molar-refractivity contribution in [1.82, 2.24) is 9.97 Å². The lowest BCUT2D eigenvalue weighted by molar-refractivity contribution is -0.145. The number of hydrogen-bond acceptors (Lipinski definition) is 7. The Balaban J connectivity index is 1.98. The molecule has 0 aliphatic carbocycles. The standard InChI is InChI=1S/C20H24N4O3/c1-3-14(2)13-27-20(25)15(12-21)18-19(24-8-10-26-11-9-24)23-17-7-5-4-6-16(17)22-18/h4-7,14-15H,3,8-11,13H2,1-2H3/t14-,15-/m1/s1. The summed E-state index contributed by atoms with van der Waals surface area (Å²) in [7, 11) is 0. The van der Waals surface area contributed by atoms with Crippen molar-refractivity contribution < 1.29 is 14.3 Å². The Hall–Kier alpha value is -2.72. The molecular formula is C20H24N4O3. The topological polar surface area (TPSA) is 88.3 Å². The van der Waals surface area contributed by atoms with Crippen LogP contribution in [0.4, 0.5) is 5.82 Å². The van der Waals surface area contributed by atoms with E-state index >= 15 is 0 Å². The number of hydrogen-bond donors (Lipinski definition) is 0. The first kappa shape index (κ1) is 19.1. The monoisotopic (exact) mass is 368 g/mol. The zero-order valence-corrected chi connectivity index (χ0v) is 15.7. The van der Waals surface area contributed by atoms with E-state index in [1.165, 1.54) is 0 Å². The Labute approximate surface area is 158 Å². The summed E-state index contributed by atoms with van der Waals surface area (Å²) in [5.41, 5.74) is 1.74. The van der Waals surface area contributed by atoms with E-state index in [4.69, 9.17) is 14.5 Å². The average molecular weight is 368 g/mol. The Bertz CT molecular complexity index is 843. The molecule has 2 aromatic rings. The Morgan fingerprint density at radius 2 is 1.96 bits per heavy atom. The fraction of sp³-hybridized carbons (Fsp3) is 0.500. The number of esters is 1. The molecule has 1 aliphatic rings. The third kappa shape index (κ3) is 4.34. The summed E-state index contributed by atoms with van der Waals surface area (Å²) in [6.45, 7) is 6.75. The van der Waals surface area contributed by atoms with Crippen molar-refractivity contribution in [2.24, 2.45) is 5.92 Å². The number of morpholine rings is 1. The molecule has 0 amide bonds. The molecule has 1 aromatic carbocycles. The second-order valence-corrected chi connectivity index (χ2v) is 6.73. The van der Waals surface area contributed by atoms with Crippen LogP contribution in [0.15, 0.2) is 24.3 Å². The summed E-state index contributed by atoms with van der Waals surface area (Å²) < 4.78 is 10.8. The smallest absolute Gasteiger partial charge is 0.329 e. The van der Waals surface area contributed by atoms with Crippen molar-refractivity contribution in [2.75, 3.05) is 37.8 Å². The number of aromatic nitrogens is 2. The van der Waals surface area contributed by atoms with E-state index in [1.54, 1.807) is 0 Å². The van der Waals surface area contributed by atoms with Gasteiger partial charge in [0, 0.05) is 13.1 Å². The normalized spacial score (nSPS) is 16.6. The molecule has 0 radical (unpaired) electrons. The average Bonchev–Trinajstić information content (AvgIpc) is 2.72. The number of benzene rings is 1. The number of rotatable bonds is 6. The molecule has 1 aromatic heterocycles. The van der Waals surface area contributed by atoms with Crippen molar-refractivity contribution in [2.45, 2.75) is 26.2 Å². The molecule has 0 saturated carbocycles. The zero-order valence-electron chi connectivity index (χ0n) is 15.7. The van der Waals surface area contributed by atoms with Crippen LogP contribution in [-0.2, 0) is 14.3 Å². The van der Waals surface area contributed by atoms with Gasteiger partial charge in [-0.2, -0.15) is 5.26 Å². The maximum atomic E-state index is 12.6. The van der Waals surface area contributed by atoms with Gasteiger partial charge in [0.15, 0.2) is 11.7 Å². The highest BCUT2D eigenvalue weighted by Crippen LogP contribution is 2.28. The minimum absolute atomic E-state index is 0.245. The van der Waals surface area contributed by atoms with Crippen LogP contribution in [0.2, 0.25) is 0 Å². The second kappa shape index (κ2) is 8.78. The van der Waals surface area contributed by atoms with Crippen molar-refractivity contribution in [1.29, 1.82) is 5.26 Å². The Morgan fingerprint density at radius 3 is 2.59 bits per heavy atom. The molecule has 27 heavy (non-hydrogen) atoms. The van der Waals surface area contributed by atoms with Crippen LogP contribution in [0, 0.1) is 17.2 Å². The molecule has 1 aliphatic heterocycles. The first-order valence-corrected chi connectivity index (χ1v) is 9.29. The molecule has 1 fully saturated rings. The van der Waals surface area contributed by atoms with Gasteiger partial charge in [0.1, 0.15) is 5.69 Å². The molecular weight excluding hydrogens is 344 g/mol. The van der Waals surface area contributed by atoms with E-state index in [1.807, 2.05) is 43.0 Å². The molecule has 3 rings (SSSR count). The zero-order chi connectivity index (χ0) is 19.2. The van der Waals surface area contributed by atoms with Gasteiger partial charge in [-0.15, -0.1) is 0 Å². The van der Waals surface area contributed by atoms with E-state index in [9.17, 15) is 10.1 Å². The van der Waals surface area contributed by atoms with Crippen LogP contribution < -0.4 is 4.90 Å². The number of nitriles is 1. The summed E-state index contributed by atoms with van der Waals surface area (Å²) in [5, 5.41) is 9.71. The molecule has 2 heterocycles. The molecule has 0 N–H and O–H groups in total. The highest BCUT2D eigenvalue weighted by atomic mass is 16.5. The largest absolute Gasteiger partial charge is 0.464 e. The minimum Gasteiger partial charge on any atom is -0.464 e. The van der Waals surface area contributed by atoms with E-state index in [0.29, 0.717) is 49.9 Å². The van der Waals surface area contributed by atoms with Gasteiger partial charge >= 0.3 is 5.97 Å². The number of para-hydroxylation sites is 2. The fourth-order valence-corrected chi connectivity index (χ4v) is 2.86. The van der Waals surface area contributed by atoms with E-state index in [0.717, 1.165) is 11.9 Å². The number of ether oxygens (including phenoxy) is 2. The number of fused-ring (bicyclic) bond motifs is 1. The maximum absolute atomic E-state index is 12.6. The van der Waals surface area contributed by atoms with Gasteiger partial charge in [-0.25, -0.2) is 9.97 Å². The van der Waals surface area contributed by atoms with Crippen molar-refractivity contribution in [3.05, 3.63) is 30.0 Å². The van der Waals surface area contributed by atoms with Gasteiger partial charge in [0.25, 0.3) is 0 Å². The Morgan fingerprint density at radius 1 is 1.30 bits per heavy atom. The molecule has 0 spiro atoms. The SMILES string of the molecule is CC[C@@H](C)COC(=O)[C@H](C#N)c1nc2ccccc2nc1N1CCOCC1. The van der Waals surface area contributed by atoms with Crippen molar-refractivity contribution >= 4 is 22.8 Å². The van der Waals surface area contributed by atoms with Gasteiger partial charge < -0.3 is 14.4 Å². The number of nitrogens with zero attached hydrogens (tertiary/aromatic N) is 4. The quantitative estimate of drug-likeness (QED) is 0.724. The minimum atomic E-state index is -1.11. The molecule has 0 unspecified atom stereocenters. The van der Waals surface area contributed by atoms with Crippen LogP contribution in [-0.4, -0.2) is 48.8 Å². The van der Waals surface area contributed by atoms with Crippen LogP contribution in [0.3, 0.4) is 0 Å². The lowest BCUT2D eigenvalue weighted by atomic mass is 10.1. The molecule has 0 bridgehead atoms. The highest BCUT2D eigenvalue weighted by molar-refractivity contribution is 5.85. The summed E-state index contributed by atoms with van der Waals surface area (Å²) in [6, 6.07) is 9.52. The van der Waals surface area contributed by atoms with Gasteiger partial charge in [0.05, 0.1) is 36.9 Å². The maximum Gasteiger partial charge on any atom is 0.329 e. The first-order chi connectivity index (χ1) is 13.1. The van der Waals surface area contributed by atoms with Crippen LogP contribution >= 0.6 is 0 Å². The first-order valence-electron chi connectivity index (χ1n) is 9.29. The van der Waals surface area contributed by atoms with Crippen LogP contribution in [0.1, 0.15) is 31.9 Å². The van der Waals surface area contributed by atoms with E-state index in [-0.39, 0.29) is 5.92 Å². The van der Waals surface area contributed by atoms with Gasteiger partial charge in [-0.3, -0.25) is 4.79 Å². The van der Waals surface area contributed by atoms with Crippen LogP contribution in [0.25, 0.3) is 11.0 Å². The van der Waals surface area contributed by atoms with E-state index < -0.39 is 11.9 Å².